The van der Waals surface area contributed by atoms with Crippen molar-refractivity contribution in [3.05, 3.63) is 78.6 Å². The van der Waals surface area contributed by atoms with Crippen molar-refractivity contribution < 1.29 is 22.4 Å². The summed E-state index contributed by atoms with van der Waals surface area (Å²) >= 11 is 0. The molecule has 9 nitrogen and oxygen atoms in total. The molecule has 0 bridgehead atoms. The Morgan fingerprint density at radius 1 is 1.14 bits per heavy atom. The van der Waals surface area contributed by atoms with Crippen molar-refractivity contribution in [1.82, 2.24) is 14.6 Å². The molecule has 148 valence electrons. The Hall–Kier alpha value is -3.66. The van der Waals surface area contributed by atoms with E-state index < -0.39 is 16.0 Å². The smallest absolute Gasteiger partial charge is 0.373 e. The van der Waals surface area contributed by atoms with Crippen molar-refractivity contribution in [2.24, 2.45) is 0 Å². The number of aromatic nitrogens is 3. The molecule has 3 aromatic heterocycles. The molecule has 0 aliphatic heterocycles. The minimum atomic E-state index is -3.96. The van der Waals surface area contributed by atoms with Crippen LogP contribution in [0.15, 0.2) is 76.4 Å². The number of hydrogen-bond donors (Lipinski definition) is 0. The number of esters is 1. The van der Waals surface area contributed by atoms with Gasteiger partial charge in [0.25, 0.3) is 10.0 Å². The molecule has 0 aliphatic rings. The first-order valence-corrected chi connectivity index (χ1v) is 9.97. The first-order chi connectivity index (χ1) is 14.0. The van der Waals surface area contributed by atoms with Crippen molar-refractivity contribution in [2.45, 2.75) is 11.4 Å². The molecule has 0 spiro atoms. The first-order valence-electron chi connectivity index (χ1n) is 8.53. The Balaban J connectivity index is 1.75. The van der Waals surface area contributed by atoms with Crippen LogP contribution >= 0.6 is 0 Å². The third-order valence-electron chi connectivity index (χ3n) is 4.24. The average molecular weight is 412 g/mol. The quantitative estimate of drug-likeness (QED) is 0.448. The van der Waals surface area contributed by atoms with Crippen molar-refractivity contribution in [2.75, 3.05) is 11.4 Å². The molecule has 1 aromatic carbocycles. The van der Waals surface area contributed by atoms with Crippen LogP contribution < -0.4 is 4.31 Å². The number of sulfonamides is 1. The lowest BCUT2D eigenvalue weighted by atomic mass is 10.3. The molecule has 4 rings (SSSR count). The van der Waals surface area contributed by atoms with Crippen LogP contribution in [0.4, 0.5) is 5.69 Å². The molecule has 0 N–H and O–H groups in total. The Labute approximate surface area is 166 Å². The first kappa shape index (κ1) is 18.7. The highest BCUT2D eigenvalue weighted by Gasteiger charge is 2.27. The van der Waals surface area contributed by atoms with E-state index in [4.69, 9.17) is 4.42 Å². The largest absolute Gasteiger partial charge is 0.463 e. The van der Waals surface area contributed by atoms with Crippen molar-refractivity contribution in [3.8, 4) is 0 Å². The Bertz CT molecular complexity index is 1260. The third-order valence-corrected chi connectivity index (χ3v) is 6.00. The highest BCUT2D eigenvalue weighted by atomic mass is 32.2. The van der Waals surface area contributed by atoms with Crippen LogP contribution in [-0.4, -0.2) is 36.1 Å². The van der Waals surface area contributed by atoms with E-state index in [0.29, 0.717) is 17.1 Å². The third kappa shape index (κ3) is 3.57. The summed E-state index contributed by atoms with van der Waals surface area (Å²) in [4.78, 5) is 11.7. The number of hydrogen-bond acceptors (Lipinski definition) is 7. The van der Waals surface area contributed by atoms with Gasteiger partial charge in [0.1, 0.15) is 17.0 Å². The van der Waals surface area contributed by atoms with Gasteiger partial charge >= 0.3 is 5.97 Å². The number of benzene rings is 1. The number of fused-ring (bicyclic) bond motifs is 1. The van der Waals surface area contributed by atoms with E-state index >= 15 is 0 Å². The second-order valence-corrected chi connectivity index (χ2v) is 7.93. The van der Waals surface area contributed by atoms with Gasteiger partial charge in [-0.15, -0.1) is 10.2 Å². The average Bonchev–Trinajstić information content (AvgIpc) is 3.40. The van der Waals surface area contributed by atoms with Crippen LogP contribution in [0, 0.1) is 0 Å². The predicted octanol–water partition coefficient (Wildman–Crippen LogP) is 2.50. The normalized spacial score (nSPS) is 11.5. The molecule has 4 aromatic rings. The molecule has 0 amide bonds. The van der Waals surface area contributed by atoms with Gasteiger partial charge < -0.3 is 9.15 Å². The fourth-order valence-corrected chi connectivity index (χ4v) is 4.25. The van der Waals surface area contributed by atoms with Crippen LogP contribution in [0.1, 0.15) is 16.3 Å². The number of para-hydroxylation sites is 1. The molecule has 0 aliphatic carbocycles. The highest BCUT2D eigenvalue weighted by molar-refractivity contribution is 7.92. The maximum absolute atomic E-state index is 13.4. The van der Waals surface area contributed by atoms with Gasteiger partial charge in [-0.05, 0) is 36.4 Å². The van der Waals surface area contributed by atoms with E-state index in [2.05, 4.69) is 14.9 Å². The minimum absolute atomic E-state index is 0.00109. The number of nitrogens with zero attached hydrogens (tertiary/aromatic N) is 4. The second kappa shape index (κ2) is 7.40. The molecular formula is C19H16N4O5S. The number of rotatable bonds is 6. The van der Waals surface area contributed by atoms with Gasteiger partial charge in [-0.3, -0.25) is 8.71 Å². The molecule has 0 atom stereocenters. The van der Waals surface area contributed by atoms with Crippen molar-refractivity contribution in [1.29, 1.82) is 0 Å². The summed E-state index contributed by atoms with van der Waals surface area (Å²) in [5, 5.41) is 7.65. The number of carbonyl (C=O) groups is 1. The molecule has 0 unspecified atom stereocenters. The summed E-state index contributed by atoms with van der Waals surface area (Å²) in [6, 6.07) is 14.7. The minimum Gasteiger partial charge on any atom is -0.463 e. The number of ether oxygens (including phenoxy) is 1. The van der Waals surface area contributed by atoms with Gasteiger partial charge in [-0.2, -0.15) is 0 Å². The number of furan rings is 1. The van der Waals surface area contributed by atoms with Crippen LogP contribution in [0.25, 0.3) is 5.65 Å². The van der Waals surface area contributed by atoms with Crippen molar-refractivity contribution >= 4 is 27.3 Å². The molecule has 0 saturated carbocycles. The molecule has 0 saturated heterocycles. The van der Waals surface area contributed by atoms with E-state index in [-0.39, 0.29) is 17.2 Å². The maximum Gasteiger partial charge on any atom is 0.373 e. The molecule has 0 radical (unpaired) electrons. The lowest BCUT2D eigenvalue weighted by molar-refractivity contribution is 0.0563. The highest BCUT2D eigenvalue weighted by Crippen LogP contribution is 2.26. The lowest BCUT2D eigenvalue weighted by Gasteiger charge is -2.23. The van der Waals surface area contributed by atoms with E-state index in [1.807, 2.05) is 0 Å². The molecule has 3 heterocycles. The molecular weight excluding hydrogens is 396 g/mol. The van der Waals surface area contributed by atoms with E-state index in [9.17, 15) is 13.2 Å². The van der Waals surface area contributed by atoms with Crippen LogP contribution in [0.5, 0.6) is 0 Å². The second-order valence-electron chi connectivity index (χ2n) is 6.07. The zero-order valence-electron chi connectivity index (χ0n) is 15.3. The van der Waals surface area contributed by atoms with Crippen LogP contribution in [0.3, 0.4) is 0 Å². The Morgan fingerprint density at radius 3 is 2.69 bits per heavy atom. The lowest BCUT2D eigenvalue weighted by Crippen LogP contribution is -2.30. The predicted molar refractivity (Wildman–Crippen MR) is 103 cm³/mol. The van der Waals surface area contributed by atoms with Gasteiger partial charge in [-0.25, -0.2) is 13.2 Å². The summed E-state index contributed by atoms with van der Waals surface area (Å²) in [5.41, 5.74) is 0.983. The summed E-state index contributed by atoms with van der Waals surface area (Å²) in [7, 11) is -2.72. The fraction of sp³-hybridized carbons (Fsp3) is 0.105. The summed E-state index contributed by atoms with van der Waals surface area (Å²) < 4.78 is 39.7. The fourth-order valence-electron chi connectivity index (χ4n) is 2.81. The summed E-state index contributed by atoms with van der Waals surface area (Å²) in [6.07, 6.45) is 2.87. The maximum atomic E-state index is 13.4. The Morgan fingerprint density at radius 2 is 1.93 bits per heavy atom. The monoisotopic (exact) mass is 412 g/mol. The summed E-state index contributed by atoms with van der Waals surface area (Å²) in [5.74, 6) is -0.342. The molecule has 29 heavy (non-hydrogen) atoms. The van der Waals surface area contributed by atoms with Gasteiger partial charge in [0.15, 0.2) is 5.65 Å². The van der Waals surface area contributed by atoms with Gasteiger partial charge in [0.05, 0.1) is 19.3 Å². The summed E-state index contributed by atoms with van der Waals surface area (Å²) in [6.45, 7) is -0.108. The number of carbonyl (C=O) groups excluding carboxylic acids is 1. The SMILES string of the molecule is COC(=O)c1ccc(CN(c2ccccc2)S(=O)(=O)c2ccc3nncn3c2)o1. The number of pyridine rings is 1. The van der Waals surface area contributed by atoms with E-state index in [1.165, 1.54) is 40.5 Å². The molecule has 0 fully saturated rings. The van der Waals surface area contributed by atoms with Gasteiger partial charge in [0, 0.05) is 6.20 Å². The molecule has 10 heteroatoms. The van der Waals surface area contributed by atoms with Gasteiger partial charge in [0.2, 0.25) is 5.76 Å². The topological polar surface area (TPSA) is 107 Å². The zero-order chi connectivity index (χ0) is 20.4. The van der Waals surface area contributed by atoms with E-state index in [0.717, 1.165) is 0 Å². The van der Waals surface area contributed by atoms with Crippen LogP contribution in [0.2, 0.25) is 0 Å². The van der Waals surface area contributed by atoms with E-state index in [1.54, 1.807) is 42.5 Å². The van der Waals surface area contributed by atoms with Gasteiger partial charge in [-0.1, -0.05) is 18.2 Å². The van der Waals surface area contributed by atoms with Crippen molar-refractivity contribution in [3.63, 3.8) is 0 Å². The zero-order valence-corrected chi connectivity index (χ0v) is 16.1. The number of anilines is 1. The standard InChI is InChI=1S/C19H16N4O5S/c1-27-19(24)17-9-7-15(28-17)11-23(14-5-3-2-4-6-14)29(25,26)16-8-10-18-21-20-13-22(18)12-16/h2-10,12-13H,11H2,1H3. The van der Waals surface area contributed by atoms with Crippen LogP contribution in [-0.2, 0) is 21.3 Å². The number of methoxy groups -OCH3 is 1. The Kier molecular flexibility index (Phi) is 4.77.